The summed E-state index contributed by atoms with van der Waals surface area (Å²) in [6.07, 6.45) is 32.6. The number of esters is 1. The zero-order chi connectivity index (χ0) is 46.9. The highest BCUT2D eigenvalue weighted by molar-refractivity contribution is 5.69. The largest absolute Gasteiger partial charge is 0.494 e. The molecular weight excluding hydrogens is 827 g/mol. The van der Waals surface area contributed by atoms with Gasteiger partial charge in [-0.05, 0) is 147 Å². The van der Waals surface area contributed by atoms with Crippen LogP contribution in [0.1, 0.15) is 208 Å². The molecule has 0 bridgehead atoms. The minimum absolute atomic E-state index is 0.0215. The number of carbonyl (C=O) groups is 1. The van der Waals surface area contributed by atoms with Crippen LogP contribution in [0.2, 0.25) is 0 Å². The van der Waals surface area contributed by atoms with Gasteiger partial charge in [-0.25, -0.2) is 4.39 Å². The molecule has 0 aromatic heterocycles. The Morgan fingerprint density at radius 3 is 2.11 bits per heavy atom. The Balaban J connectivity index is 0.797. The van der Waals surface area contributed by atoms with Gasteiger partial charge in [0.05, 0.1) is 18.9 Å². The Hall–Kier alpha value is -3.29. The van der Waals surface area contributed by atoms with Crippen LogP contribution in [0.25, 0.3) is 0 Å². The van der Waals surface area contributed by atoms with Crippen LogP contribution in [0.4, 0.5) is 20.2 Å². The molecule has 368 valence electrons. The fourth-order valence-electron chi connectivity index (χ4n) is 13.1. The van der Waals surface area contributed by atoms with E-state index in [0.29, 0.717) is 30.7 Å². The van der Waals surface area contributed by atoms with Crippen molar-refractivity contribution in [2.24, 2.45) is 56.6 Å². The van der Waals surface area contributed by atoms with Crippen LogP contribution < -0.4 is 9.47 Å². The third-order valence-corrected chi connectivity index (χ3v) is 17.0. The molecule has 66 heavy (non-hydrogen) atoms. The smallest absolute Gasteiger partial charge is 0.306 e. The lowest BCUT2D eigenvalue weighted by molar-refractivity contribution is -0.151. The molecule has 3 saturated carbocycles. The molecule has 0 heterocycles. The first kappa shape index (κ1) is 52.1. The van der Waals surface area contributed by atoms with E-state index in [-0.39, 0.29) is 28.9 Å². The zero-order valence-corrected chi connectivity index (χ0v) is 42.2. The monoisotopic (exact) mass is 915 g/mol. The Morgan fingerprint density at radius 2 is 1.39 bits per heavy atom. The van der Waals surface area contributed by atoms with Gasteiger partial charge in [-0.1, -0.05) is 143 Å². The first-order chi connectivity index (χ1) is 31.9. The maximum absolute atomic E-state index is 14.8. The van der Waals surface area contributed by atoms with Crippen LogP contribution in [0, 0.1) is 58.0 Å². The number of fused-ring (bicyclic) bond motifs is 5. The third kappa shape index (κ3) is 14.1. The van der Waals surface area contributed by atoms with Gasteiger partial charge in [-0.2, -0.15) is 9.50 Å². The summed E-state index contributed by atoms with van der Waals surface area (Å²) in [5.74, 6) is 3.54. The summed E-state index contributed by atoms with van der Waals surface area (Å²) >= 11 is 0. The highest BCUT2D eigenvalue weighted by Gasteiger charge is 2.59. The Morgan fingerprint density at radius 1 is 0.712 bits per heavy atom. The first-order valence-electron chi connectivity index (χ1n) is 27.1. The molecule has 4 aliphatic rings. The highest BCUT2D eigenvalue weighted by atomic mass is 19.2. The van der Waals surface area contributed by atoms with Crippen LogP contribution in [0.3, 0.4) is 0 Å². The van der Waals surface area contributed by atoms with Gasteiger partial charge in [0, 0.05) is 12.8 Å². The van der Waals surface area contributed by atoms with E-state index in [2.05, 4.69) is 57.8 Å². The first-order valence-corrected chi connectivity index (χ1v) is 27.1. The molecule has 0 saturated heterocycles. The van der Waals surface area contributed by atoms with E-state index < -0.39 is 11.6 Å². The van der Waals surface area contributed by atoms with Gasteiger partial charge in [0.1, 0.15) is 17.5 Å². The number of hydrogen-bond acceptors (Lipinski definition) is 6. The minimum Gasteiger partial charge on any atom is -0.494 e. The number of nitrogens with zero attached hydrogens (tertiary/aromatic N) is 2. The molecule has 0 spiro atoms. The molecule has 0 aliphatic heterocycles. The predicted octanol–water partition coefficient (Wildman–Crippen LogP) is 18.0. The van der Waals surface area contributed by atoms with Crippen LogP contribution in [0.5, 0.6) is 11.5 Å². The summed E-state index contributed by atoms with van der Waals surface area (Å²) < 4.78 is 47.1. The van der Waals surface area contributed by atoms with Crippen molar-refractivity contribution in [3.63, 3.8) is 0 Å². The van der Waals surface area contributed by atoms with Gasteiger partial charge in [0.15, 0.2) is 11.6 Å². The second-order valence-corrected chi connectivity index (χ2v) is 22.1. The third-order valence-electron chi connectivity index (χ3n) is 17.0. The number of carbonyl (C=O) groups excluding carboxylic acids is 1. The van der Waals surface area contributed by atoms with Crippen molar-refractivity contribution in [3.05, 3.63) is 59.7 Å². The highest BCUT2D eigenvalue weighted by Crippen LogP contribution is 2.67. The lowest BCUT2D eigenvalue weighted by atomic mass is 9.47. The van der Waals surface area contributed by atoms with Crippen LogP contribution >= 0.6 is 0 Å². The predicted molar refractivity (Wildman–Crippen MR) is 266 cm³/mol. The van der Waals surface area contributed by atoms with E-state index in [1.807, 2.05) is 12.1 Å². The number of unbranched alkanes of at least 4 members (excludes halogenated alkanes) is 12. The maximum Gasteiger partial charge on any atom is 0.306 e. The van der Waals surface area contributed by atoms with Crippen LogP contribution in [0.15, 0.2) is 58.3 Å². The van der Waals surface area contributed by atoms with E-state index in [1.54, 1.807) is 17.7 Å². The Labute approximate surface area is 399 Å². The molecule has 2 aromatic carbocycles. The Kier molecular flexibility index (Phi) is 20.4. The molecule has 0 amide bonds. The standard InChI is InChI=1S/C58H88F2N2O4/c1-7-8-9-10-16-19-39-64-46-28-26-45(27-29-46)61-62-52-33-34-53(56(60)55(52)59)65-40-20-17-14-12-11-13-15-18-24-54(63)66-47-35-37-57(5)44(41-47)25-30-48-50-32-31-49(43(4)23-21-22-42(2)3)58(50,6)38-36-51(48)57/h25-29,33-34,42-43,47-51H,7-24,30-32,35-41H2,1-6H3/t43-,47+,48+,49-,50+,51+,57+,58-/m1/s1. The fraction of sp³-hybridized carbons (Fsp3) is 0.741. The lowest BCUT2D eigenvalue weighted by Gasteiger charge is -2.58. The molecular formula is C58H88F2N2O4. The average Bonchev–Trinajstić information content (AvgIpc) is 3.66. The van der Waals surface area contributed by atoms with Gasteiger partial charge in [-0.15, -0.1) is 5.11 Å². The van der Waals surface area contributed by atoms with E-state index >= 15 is 0 Å². The summed E-state index contributed by atoms with van der Waals surface area (Å²) in [5, 5.41) is 8.03. The van der Waals surface area contributed by atoms with E-state index in [1.165, 1.54) is 95.6 Å². The zero-order valence-electron chi connectivity index (χ0n) is 42.2. The van der Waals surface area contributed by atoms with Crippen molar-refractivity contribution in [1.82, 2.24) is 0 Å². The van der Waals surface area contributed by atoms with Crippen molar-refractivity contribution in [1.29, 1.82) is 0 Å². The van der Waals surface area contributed by atoms with E-state index in [9.17, 15) is 13.6 Å². The second-order valence-electron chi connectivity index (χ2n) is 22.1. The summed E-state index contributed by atoms with van der Waals surface area (Å²) in [7, 11) is 0. The van der Waals surface area contributed by atoms with Crippen molar-refractivity contribution in [3.8, 4) is 11.5 Å². The topological polar surface area (TPSA) is 69.5 Å². The van der Waals surface area contributed by atoms with Crippen molar-refractivity contribution >= 4 is 17.3 Å². The molecule has 3 fully saturated rings. The van der Waals surface area contributed by atoms with Crippen molar-refractivity contribution < 1.29 is 27.8 Å². The maximum atomic E-state index is 14.8. The van der Waals surface area contributed by atoms with Crippen LogP contribution in [-0.4, -0.2) is 25.3 Å². The van der Waals surface area contributed by atoms with Gasteiger partial charge in [0.2, 0.25) is 5.82 Å². The number of ether oxygens (including phenoxy) is 3. The number of azo groups is 1. The van der Waals surface area contributed by atoms with Gasteiger partial charge < -0.3 is 14.2 Å². The second kappa shape index (κ2) is 25.9. The van der Waals surface area contributed by atoms with E-state index in [4.69, 9.17) is 14.2 Å². The summed E-state index contributed by atoms with van der Waals surface area (Å²) in [5.41, 5.74) is 2.73. The van der Waals surface area contributed by atoms with Crippen LogP contribution in [-0.2, 0) is 9.53 Å². The number of rotatable bonds is 28. The van der Waals surface area contributed by atoms with Gasteiger partial charge in [0.25, 0.3) is 0 Å². The summed E-state index contributed by atoms with van der Waals surface area (Å²) in [6.45, 7) is 15.8. The van der Waals surface area contributed by atoms with Crippen molar-refractivity contribution in [2.75, 3.05) is 13.2 Å². The summed E-state index contributed by atoms with van der Waals surface area (Å²) in [4.78, 5) is 13.0. The molecule has 6 rings (SSSR count). The molecule has 0 N–H and O–H groups in total. The lowest BCUT2D eigenvalue weighted by Crippen LogP contribution is -2.51. The SMILES string of the molecule is CCCCCCCCOc1ccc(N=Nc2ccc(OCCCCCCCCCCC(=O)O[C@H]3CC[C@@]4(C)C(=CC[C@H]5[C@@H]6CC[C@H]([C@H](C)CCCC(C)C)[C@@]6(C)CC[C@@H]54)C3)c(F)c2F)cc1. The number of halogens is 2. The molecule has 2 aromatic rings. The van der Waals surface area contributed by atoms with E-state index in [0.717, 1.165) is 118 Å². The van der Waals surface area contributed by atoms with Crippen molar-refractivity contribution in [2.45, 2.75) is 215 Å². The quantitative estimate of drug-likeness (QED) is 0.0369. The Bertz CT molecular complexity index is 1850. The average molecular weight is 915 g/mol. The number of hydrogen-bond donors (Lipinski definition) is 0. The molecule has 0 radical (unpaired) electrons. The number of allylic oxidation sites excluding steroid dienone is 1. The fourth-order valence-corrected chi connectivity index (χ4v) is 13.1. The molecule has 6 nitrogen and oxygen atoms in total. The normalized spacial score (nSPS) is 26.4. The molecule has 8 heteroatoms. The molecule has 4 aliphatic carbocycles. The molecule has 8 atom stereocenters. The minimum atomic E-state index is -1.07. The number of benzene rings is 2. The van der Waals surface area contributed by atoms with Gasteiger partial charge >= 0.3 is 5.97 Å². The summed E-state index contributed by atoms with van der Waals surface area (Å²) in [6, 6.07) is 9.94. The molecule has 0 unspecified atom stereocenters. The van der Waals surface area contributed by atoms with Gasteiger partial charge in [-0.3, -0.25) is 4.79 Å².